The van der Waals surface area contributed by atoms with E-state index in [1.54, 1.807) is 6.92 Å². The Morgan fingerprint density at radius 2 is 1.82 bits per heavy atom. The number of carbonyl (C=O) groups is 1. The van der Waals surface area contributed by atoms with Gasteiger partial charge in [0.05, 0.1) is 12.7 Å². The summed E-state index contributed by atoms with van der Waals surface area (Å²) in [7, 11) is 1.32. The third kappa shape index (κ3) is 3.05. The van der Waals surface area contributed by atoms with Crippen LogP contribution in [0.5, 0.6) is 5.75 Å². The van der Waals surface area contributed by atoms with Gasteiger partial charge in [-0.2, -0.15) is 13.2 Å². The van der Waals surface area contributed by atoms with Gasteiger partial charge in [0.1, 0.15) is 11.3 Å². The first-order valence-corrected chi connectivity index (χ1v) is 6.33. The van der Waals surface area contributed by atoms with Crippen molar-refractivity contribution in [3.05, 3.63) is 53.1 Å². The van der Waals surface area contributed by atoms with Gasteiger partial charge in [0.2, 0.25) is 0 Å². The lowest BCUT2D eigenvalue weighted by Crippen LogP contribution is -2.05. The predicted octanol–water partition coefficient (Wildman–Crippen LogP) is 4.39. The molecule has 22 heavy (non-hydrogen) atoms. The first-order chi connectivity index (χ1) is 10.2. The molecule has 2 aromatic rings. The zero-order valence-corrected chi connectivity index (χ0v) is 11.9. The van der Waals surface area contributed by atoms with Gasteiger partial charge in [-0.25, -0.2) is 4.79 Å². The third-order valence-corrected chi connectivity index (χ3v) is 3.26. The molecule has 0 unspecified atom stereocenters. The number of hydrogen-bond donors (Lipinski definition) is 1. The van der Waals surface area contributed by atoms with Gasteiger partial charge in [-0.3, -0.25) is 0 Å². The van der Waals surface area contributed by atoms with E-state index in [-0.39, 0.29) is 11.3 Å². The van der Waals surface area contributed by atoms with Crippen LogP contribution in [0.2, 0.25) is 0 Å². The highest BCUT2D eigenvalue weighted by molar-refractivity contribution is 5.93. The van der Waals surface area contributed by atoms with E-state index >= 15 is 0 Å². The minimum atomic E-state index is -4.43. The summed E-state index contributed by atoms with van der Waals surface area (Å²) in [6.07, 6.45) is -4.43. The second kappa shape index (κ2) is 5.71. The molecule has 0 spiro atoms. The Kier molecular flexibility index (Phi) is 4.12. The summed E-state index contributed by atoms with van der Waals surface area (Å²) < 4.78 is 43.4. The van der Waals surface area contributed by atoms with Crippen molar-refractivity contribution in [1.29, 1.82) is 0 Å². The molecule has 0 fully saturated rings. The smallest absolute Gasteiger partial charge is 0.416 e. The van der Waals surface area contributed by atoms with Gasteiger partial charge < -0.3 is 9.84 Å². The molecule has 2 aromatic carbocycles. The first-order valence-electron chi connectivity index (χ1n) is 6.33. The van der Waals surface area contributed by atoms with Crippen LogP contribution in [0.25, 0.3) is 11.1 Å². The van der Waals surface area contributed by atoms with Crippen molar-refractivity contribution >= 4 is 5.97 Å². The van der Waals surface area contributed by atoms with E-state index in [0.717, 1.165) is 12.1 Å². The van der Waals surface area contributed by atoms with Crippen LogP contribution in [0.3, 0.4) is 0 Å². The van der Waals surface area contributed by atoms with Crippen LogP contribution in [0.4, 0.5) is 13.2 Å². The van der Waals surface area contributed by atoms with Crippen LogP contribution in [0.15, 0.2) is 36.4 Å². The number of halogens is 3. The highest BCUT2D eigenvalue weighted by Crippen LogP contribution is 2.34. The fourth-order valence-electron chi connectivity index (χ4n) is 2.23. The van der Waals surface area contributed by atoms with Crippen LogP contribution in [0, 0.1) is 6.92 Å². The zero-order chi connectivity index (χ0) is 16.5. The minimum absolute atomic E-state index is 0.00164. The van der Waals surface area contributed by atoms with Crippen molar-refractivity contribution in [3.8, 4) is 16.9 Å². The maximum atomic E-state index is 12.8. The number of hydrogen-bond acceptors (Lipinski definition) is 2. The fourth-order valence-corrected chi connectivity index (χ4v) is 2.23. The standard InChI is InChI=1S/C16H13F3O3/c1-9-6-11(8-13(22-2)14(9)15(20)21)10-4-3-5-12(7-10)16(17,18)19/h3-8H,1-2H3,(H,20,21). The first kappa shape index (κ1) is 15.9. The molecule has 2 rings (SSSR count). The molecule has 0 radical (unpaired) electrons. The van der Waals surface area contributed by atoms with Gasteiger partial charge in [0.25, 0.3) is 0 Å². The predicted molar refractivity (Wildman–Crippen MR) is 75.1 cm³/mol. The molecular formula is C16H13F3O3. The number of carboxylic acids is 1. The summed E-state index contributed by atoms with van der Waals surface area (Å²) in [6.45, 7) is 1.57. The van der Waals surface area contributed by atoms with Crippen molar-refractivity contribution in [2.45, 2.75) is 13.1 Å². The maximum absolute atomic E-state index is 12.8. The lowest BCUT2D eigenvalue weighted by molar-refractivity contribution is -0.137. The molecule has 0 saturated carbocycles. The Bertz CT molecular complexity index is 721. The van der Waals surface area contributed by atoms with E-state index in [1.807, 2.05) is 0 Å². The van der Waals surface area contributed by atoms with Crippen LogP contribution < -0.4 is 4.74 Å². The normalized spacial score (nSPS) is 11.3. The summed E-state index contributed by atoms with van der Waals surface area (Å²) >= 11 is 0. The van der Waals surface area contributed by atoms with E-state index < -0.39 is 17.7 Å². The van der Waals surface area contributed by atoms with Crippen LogP contribution in [-0.4, -0.2) is 18.2 Å². The Morgan fingerprint density at radius 1 is 1.14 bits per heavy atom. The topological polar surface area (TPSA) is 46.5 Å². The molecule has 0 aromatic heterocycles. The summed E-state index contributed by atoms with van der Waals surface area (Å²) in [4.78, 5) is 11.2. The van der Waals surface area contributed by atoms with Crippen molar-refractivity contribution < 1.29 is 27.8 Å². The van der Waals surface area contributed by atoms with Crippen LogP contribution in [0.1, 0.15) is 21.5 Å². The Labute approximate surface area is 125 Å². The summed E-state index contributed by atoms with van der Waals surface area (Å²) in [5.74, 6) is -1.04. The fraction of sp³-hybridized carbons (Fsp3) is 0.188. The van der Waals surface area contributed by atoms with E-state index in [2.05, 4.69) is 0 Å². The molecule has 0 aliphatic heterocycles. The average Bonchev–Trinajstić information content (AvgIpc) is 2.45. The molecule has 0 aliphatic rings. The quantitative estimate of drug-likeness (QED) is 0.914. The third-order valence-electron chi connectivity index (χ3n) is 3.26. The Hall–Kier alpha value is -2.50. The largest absolute Gasteiger partial charge is 0.496 e. The van der Waals surface area contributed by atoms with Gasteiger partial charge in [-0.15, -0.1) is 0 Å². The van der Waals surface area contributed by atoms with Crippen molar-refractivity contribution in [1.82, 2.24) is 0 Å². The Morgan fingerprint density at radius 3 is 2.36 bits per heavy atom. The molecule has 0 heterocycles. The number of rotatable bonds is 3. The van der Waals surface area contributed by atoms with Crippen molar-refractivity contribution in [3.63, 3.8) is 0 Å². The van der Waals surface area contributed by atoms with Gasteiger partial charge >= 0.3 is 12.1 Å². The van der Waals surface area contributed by atoms with Gasteiger partial charge in [0.15, 0.2) is 0 Å². The SMILES string of the molecule is COc1cc(-c2cccc(C(F)(F)F)c2)cc(C)c1C(=O)O. The highest BCUT2D eigenvalue weighted by Gasteiger charge is 2.30. The summed E-state index contributed by atoms with van der Waals surface area (Å²) in [5.41, 5.74) is 0.458. The lowest BCUT2D eigenvalue weighted by Gasteiger charge is -2.13. The van der Waals surface area contributed by atoms with Crippen LogP contribution in [-0.2, 0) is 6.18 Å². The van der Waals surface area contributed by atoms with E-state index in [4.69, 9.17) is 9.84 Å². The van der Waals surface area contributed by atoms with Gasteiger partial charge in [-0.1, -0.05) is 18.2 Å². The molecule has 0 atom stereocenters. The van der Waals surface area contributed by atoms with Crippen LogP contribution >= 0.6 is 0 Å². The average molecular weight is 310 g/mol. The van der Waals surface area contributed by atoms with E-state index in [1.165, 1.54) is 31.4 Å². The molecule has 0 bridgehead atoms. The summed E-state index contributed by atoms with van der Waals surface area (Å²) in [5, 5.41) is 9.16. The molecule has 6 heteroatoms. The number of methoxy groups -OCH3 is 1. The van der Waals surface area contributed by atoms with Gasteiger partial charge in [-0.05, 0) is 41.8 Å². The number of alkyl halides is 3. The lowest BCUT2D eigenvalue weighted by atomic mass is 9.97. The number of ether oxygens (including phenoxy) is 1. The number of benzene rings is 2. The monoisotopic (exact) mass is 310 g/mol. The molecule has 0 saturated heterocycles. The highest BCUT2D eigenvalue weighted by atomic mass is 19.4. The Balaban J connectivity index is 2.59. The second-order valence-electron chi connectivity index (χ2n) is 4.75. The van der Waals surface area contributed by atoms with E-state index in [9.17, 15) is 18.0 Å². The maximum Gasteiger partial charge on any atom is 0.416 e. The number of aryl methyl sites for hydroxylation is 1. The number of aromatic carboxylic acids is 1. The van der Waals surface area contributed by atoms with E-state index in [0.29, 0.717) is 16.7 Å². The zero-order valence-electron chi connectivity index (χ0n) is 11.9. The molecule has 0 amide bonds. The minimum Gasteiger partial charge on any atom is -0.496 e. The summed E-state index contributed by atoms with van der Waals surface area (Å²) in [6, 6.07) is 7.80. The molecular weight excluding hydrogens is 297 g/mol. The molecule has 0 aliphatic carbocycles. The molecule has 116 valence electrons. The second-order valence-corrected chi connectivity index (χ2v) is 4.75. The molecule has 1 N–H and O–H groups in total. The van der Waals surface area contributed by atoms with Gasteiger partial charge in [0, 0.05) is 0 Å². The molecule has 3 nitrogen and oxygen atoms in total. The van der Waals surface area contributed by atoms with Crippen molar-refractivity contribution in [2.24, 2.45) is 0 Å². The van der Waals surface area contributed by atoms with Crippen molar-refractivity contribution in [2.75, 3.05) is 7.11 Å². The number of carboxylic acid groups (broad SMARTS) is 1.